The predicted octanol–water partition coefficient (Wildman–Crippen LogP) is 15.9. The van der Waals surface area contributed by atoms with E-state index < -0.39 is 0 Å². The number of hydrogen-bond acceptors (Lipinski definition) is 4. The highest BCUT2D eigenvalue weighted by molar-refractivity contribution is 6.33. The van der Waals surface area contributed by atoms with Gasteiger partial charge in [0.25, 0.3) is 0 Å². The molecule has 0 radical (unpaired) electrons. The summed E-state index contributed by atoms with van der Waals surface area (Å²) in [6.45, 7) is 0. The van der Waals surface area contributed by atoms with Crippen LogP contribution in [0.4, 0.5) is 0 Å². The van der Waals surface area contributed by atoms with Crippen molar-refractivity contribution in [1.82, 2.24) is 0 Å². The maximum atomic E-state index is 11.3. The van der Waals surface area contributed by atoms with Crippen LogP contribution in [0.15, 0.2) is 170 Å². The molecule has 0 aromatic heterocycles. The highest BCUT2D eigenvalue weighted by Crippen LogP contribution is 2.47. The second-order valence-electron chi connectivity index (χ2n) is 15.1. The molecule has 0 bridgehead atoms. The molecule has 0 aliphatic rings. The van der Waals surface area contributed by atoms with Crippen LogP contribution in [-0.4, -0.2) is 20.4 Å². The smallest absolute Gasteiger partial charge is 0.142 e. The molecule has 4 N–H and O–H groups in total. The van der Waals surface area contributed by atoms with Gasteiger partial charge in [-0.3, -0.25) is 0 Å². The van der Waals surface area contributed by atoms with Crippen LogP contribution in [0.1, 0.15) is 53.4 Å². The Labute approximate surface area is 375 Å². The normalized spacial score (nSPS) is 11.4. The summed E-state index contributed by atoms with van der Waals surface area (Å²) in [5.41, 5.74) is 9.07. The summed E-state index contributed by atoms with van der Waals surface area (Å²) in [7, 11) is 0. The van der Waals surface area contributed by atoms with E-state index in [4.69, 9.17) is 46.4 Å². The number of aromatic hydroxyl groups is 4. The van der Waals surface area contributed by atoms with E-state index >= 15 is 0 Å². The van der Waals surface area contributed by atoms with Crippen LogP contribution in [0.2, 0.25) is 20.1 Å². The van der Waals surface area contributed by atoms with Crippen molar-refractivity contribution in [2.24, 2.45) is 0 Å². The van der Waals surface area contributed by atoms with Gasteiger partial charge in [0.1, 0.15) is 23.0 Å². The molecular weight excluding hydrogens is 842 g/mol. The van der Waals surface area contributed by atoms with Crippen molar-refractivity contribution in [2.75, 3.05) is 0 Å². The van der Waals surface area contributed by atoms with Crippen LogP contribution in [0.5, 0.6) is 23.0 Å². The zero-order chi connectivity index (χ0) is 42.6. The summed E-state index contributed by atoms with van der Waals surface area (Å²) in [5, 5.41) is 45.9. The molecule has 0 fully saturated rings. The molecule has 8 aromatic carbocycles. The average molecular weight is 883 g/mol. The predicted molar refractivity (Wildman–Crippen MR) is 252 cm³/mol. The molecule has 8 aromatic rings. The summed E-state index contributed by atoms with van der Waals surface area (Å²) in [5.74, 6) is -0.648. The maximum absolute atomic E-state index is 11.3. The minimum atomic E-state index is -0.298. The van der Waals surface area contributed by atoms with E-state index in [1.54, 1.807) is 24.3 Å². The van der Waals surface area contributed by atoms with Crippen LogP contribution in [0.3, 0.4) is 0 Å². The maximum Gasteiger partial charge on any atom is 0.142 e. The van der Waals surface area contributed by atoms with E-state index in [0.29, 0.717) is 41.5 Å². The van der Waals surface area contributed by atoms with E-state index in [1.165, 1.54) is 0 Å². The lowest BCUT2D eigenvalue weighted by atomic mass is 9.80. The molecule has 4 nitrogen and oxygen atoms in total. The molecule has 0 heterocycles. The Bertz CT molecular complexity index is 2430. The van der Waals surface area contributed by atoms with E-state index in [1.807, 2.05) is 146 Å². The molecule has 0 amide bonds. The van der Waals surface area contributed by atoms with Crippen LogP contribution in [0, 0.1) is 0 Å². The summed E-state index contributed by atoms with van der Waals surface area (Å²) in [6, 6.07) is 53.5. The third kappa shape index (κ3) is 8.96. The number of phenols is 4. The Morgan fingerprint density at radius 2 is 0.525 bits per heavy atom. The van der Waals surface area contributed by atoms with Gasteiger partial charge in [-0.05, 0) is 106 Å². The Kier molecular flexibility index (Phi) is 12.6. The van der Waals surface area contributed by atoms with E-state index in [2.05, 4.69) is 0 Å². The number of phenolic OH excluding ortho intramolecular Hbond substituents is 4. The SMILES string of the molecule is Oc1c(Cl)cc(C(CCCC(c2cc(Cl)c(O)c(-c3ccccc3)c2)c2cc(Cl)c(O)c(-c3ccccc3)c2)c2cc(Cl)c(O)c(-c3ccccc3)c2)cc1-c1ccccc1. The van der Waals surface area contributed by atoms with E-state index in [0.717, 1.165) is 44.5 Å². The van der Waals surface area contributed by atoms with Crippen LogP contribution >= 0.6 is 46.4 Å². The van der Waals surface area contributed by atoms with E-state index in [9.17, 15) is 20.4 Å². The zero-order valence-corrected chi connectivity index (χ0v) is 35.8. The summed E-state index contributed by atoms with van der Waals surface area (Å²) in [4.78, 5) is 0. The van der Waals surface area contributed by atoms with Crippen molar-refractivity contribution in [3.05, 3.63) is 212 Å². The number of rotatable bonds is 12. The zero-order valence-electron chi connectivity index (χ0n) is 32.7. The fraction of sp³-hybridized carbons (Fsp3) is 0.0943. The van der Waals surface area contributed by atoms with Gasteiger partial charge in [-0.1, -0.05) is 174 Å². The standard InChI is InChI=1S/C53H40Cl4O4/c54-46-28-36(24-42(50(46)58)32-14-5-1-6-15-32)40(37-25-43(51(59)47(55)29-37)33-16-7-2-8-17-33)22-13-23-41(38-26-44(52(60)48(56)30-38)34-18-9-3-10-19-34)39-27-45(53(61)49(57)31-39)35-20-11-4-12-21-35/h1-12,14-21,24-31,40-41,58-61H,13,22-23H2. The van der Waals surface area contributed by atoms with Crippen molar-refractivity contribution < 1.29 is 20.4 Å². The van der Waals surface area contributed by atoms with Gasteiger partial charge in [0.15, 0.2) is 0 Å². The van der Waals surface area contributed by atoms with Crippen molar-refractivity contribution in [2.45, 2.75) is 31.1 Å². The fourth-order valence-corrected chi connectivity index (χ4v) is 9.12. The first kappa shape index (κ1) is 41.8. The summed E-state index contributed by atoms with van der Waals surface area (Å²) >= 11 is 27.3. The van der Waals surface area contributed by atoms with Gasteiger partial charge < -0.3 is 20.4 Å². The van der Waals surface area contributed by atoms with Crippen molar-refractivity contribution in [1.29, 1.82) is 0 Å². The second kappa shape index (κ2) is 18.4. The monoisotopic (exact) mass is 880 g/mol. The van der Waals surface area contributed by atoms with Gasteiger partial charge in [0, 0.05) is 34.1 Å². The van der Waals surface area contributed by atoms with Crippen molar-refractivity contribution in [3.63, 3.8) is 0 Å². The molecule has 0 saturated carbocycles. The third-order valence-corrected chi connectivity index (χ3v) is 12.4. The van der Waals surface area contributed by atoms with Gasteiger partial charge in [-0.2, -0.15) is 0 Å². The molecule has 0 spiro atoms. The second-order valence-corrected chi connectivity index (χ2v) is 16.7. The summed E-state index contributed by atoms with van der Waals surface area (Å²) < 4.78 is 0. The fourth-order valence-electron chi connectivity index (χ4n) is 8.21. The highest BCUT2D eigenvalue weighted by Gasteiger charge is 2.26. The molecule has 0 aliphatic carbocycles. The first-order chi connectivity index (χ1) is 29.6. The Morgan fingerprint density at radius 1 is 0.311 bits per heavy atom. The van der Waals surface area contributed by atoms with Crippen LogP contribution < -0.4 is 0 Å². The Hall–Kier alpha value is -5.88. The minimum absolute atomic E-state index is 0.0130. The molecule has 8 rings (SSSR count). The van der Waals surface area contributed by atoms with Crippen molar-refractivity contribution in [3.8, 4) is 67.5 Å². The van der Waals surface area contributed by atoms with Gasteiger partial charge in [0.2, 0.25) is 0 Å². The first-order valence-electron chi connectivity index (χ1n) is 19.9. The molecule has 0 saturated heterocycles. The number of hydrogen-bond donors (Lipinski definition) is 4. The quantitative estimate of drug-likeness (QED) is 0.0985. The van der Waals surface area contributed by atoms with Gasteiger partial charge in [-0.15, -0.1) is 0 Å². The topological polar surface area (TPSA) is 80.9 Å². The van der Waals surface area contributed by atoms with Crippen molar-refractivity contribution >= 4 is 46.4 Å². The van der Waals surface area contributed by atoms with E-state index in [-0.39, 0.29) is 54.9 Å². The van der Waals surface area contributed by atoms with Crippen LogP contribution in [0.25, 0.3) is 44.5 Å². The molecule has 304 valence electrons. The summed E-state index contributed by atoms with van der Waals surface area (Å²) in [6.07, 6.45) is 1.83. The highest BCUT2D eigenvalue weighted by atomic mass is 35.5. The Balaban J connectivity index is 1.25. The molecule has 0 aliphatic heterocycles. The lowest BCUT2D eigenvalue weighted by molar-refractivity contribution is 0.476. The third-order valence-electron chi connectivity index (χ3n) is 11.3. The van der Waals surface area contributed by atoms with Gasteiger partial charge in [-0.25, -0.2) is 0 Å². The molecule has 0 unspecified atom stereocenters. The first-order valence-corrected chi connectivity index (χ1v) is 21.4. The lowest BCUT2D eigenvalue weighted by Crippen LogP contribution is -2.07. The number of benzene rings is 8. The minimum Gasteiger partial charge on any atom is -0.506 e. The molecule has 8 heteroatoms. The Morgan fingerprint density at radius 3 is 0.738 bits per heavy atom. The molecule has 61 heavy (non-hydrogen) atoms. The van der Waals surface area contributed by atoms with Gasteiger partial charge >= 0.3 is 0 Å². The van der Waals surface area contributed by atoms with Crippen LogP contribution in [-0.2, 0) is 0 Å². The molecule has 0 atom stereocenters. The average Bonchev–Trinajstić information content (AvgIpc) is 3.28. The molecular formula is C53H40Cl4O4. The van der Waals surface area contributed by atoms with Gasteiger partial charge in [0.05, 0.1) is 20.1 Å². The largest absolute Gasteiger partial charge is 0.506 e. The lowest BCUT2D eigenvalue weighted by Gasteiger charge is -2.25. The number of halogens is 4.